The fraction of sp³-hybridized carbons (Fsp3) is 0.150. The average Bonchev–Trinajstić information content (AvgIpc) is 3.04. The number of anilines is 1. The molecule has 0 saturated carbocycles. The summed E-state index contributed by atoms with van der Waals surface area (Å²) in [4.78, 5) is 25.1. The lowest BCUT2D eigenvalue weighted by molar-refractivity contribution is -0.137. The van der Waals surface area contributed by atoms with E-state index in [4.69, 9.17) is 0 Å². The van der Waals surface area contributed by atoms with E-state index in [2.05, 4.69) is 25.4 Å². The van der Waals surface area contributed by atoms with Crippen molar-refractivity contribution >= 4 is 17.4 Å². The summed E-state index contributed by atoms with van der Waals surface area (Å²) < 4.78 is 41.7. The molecule has 4 aromatic rings. The zero-order valence-electron chi connectivity index (χ0n) is 15.9. The van der Waals surface area contributed by atoms with Gasteiger partial charge in [0, 0.05) is 18.0 Å². The molecule has 30 heavy (non-hydrogen) atoms. The number of aryl methyl sites for hydroxylation is 2. The number of halogens is 3. The van der Waals surface area contributed by atoms with E-state index in [-0.39, 0.29) is 22.8 Å². The van der Waals surface area contributed by atoms with Gasteiger partial charge in [-0.05, 0) is 31.5 Å². The number of carbonyl (C=O) groups is 1. The summed E-state index contributed by atoms with van der Waals surface area (Å²) in [6.45, 7) is 3.33. The Morgan fingerprint density at radius 2 is 1.90 bits per heavy atom. The highest BCUT2D eigenvalue weighted by atomic mass is 19.4. The van der Waals surface area contributed by atoms with Gasteiger partial charge in [0.15, 0.2) is 17.2 Å². The number of amides is 1. The summed E-state index contributed by atoms with van der Waals surface area (Å²) in [7, 11) is 0. The van der Waals surface area contributed by atoms with Crippen LogP contribution in [-0.4, -0.2) is 30.5 Å². The number of nitrogens with one attached hydrogen (secondary N) is 1. The third-order valence-corrected chi connectivity index (χ3v) is 4.47. The van der Waals surface area contributed by atoms with Gasteiger partial charge in [-0.25, -0.2) is 14.5 Å². The third-order valence-electron chi connectivity index (χ3n) is 4.47. The van der Waals surface area contributed by atoms with Gasteiger partial charge in [-0.2, -0.15) is 18.3 Å². The second kappa shape index (κ2) is 7.21. The van der Waals surface area contributed by atoms with Crippen molar-refractivity contribution in [2.45, 2.75) is 20.0 Å². The van der Waals surface area contributed by atoms with Crippen molar-refractivity contribution in [1.82, 2.24) is 24.6 Å². The van der Waals surface area contributed by atoms with Crippen LogP contribution in [0.1, 0.15) is 27.3 Å². The maximum absolute atomic E-state index is 13.5. The van der Waals surface area contributed by atoms with E-state index in [0.717, 1.165) is 6.07 Å². The van der Waals surface area contributed by atoms with Gasteiger partial charge < -0.3 is 5.32 Å². The van der Waals surface area contributed by atoms with Gasteiger partial charge in [-0.1, -0.05) is 18.2 Å². The van der Waals surface area contributed by atoms with Crippen LogP contribution in [0.15, 0.2) is 48.9 Å². The van der Waals surface area contributed by atoms with Crippen molar-refractivity contribution < 1.29 is 18.0 Å². The van der Waals surface area contributed by atoms with Gasteiger partial charge in [0.05, 0.1) is 23.1 Å². The lowest BCUT2D eigenvalue weighted by atomic mass is 10.0. The number of benzene rings is 1. The number of hydrogen-bond acceptors (Lipinski definition) is 5. The van der Waals surface area contributed by atoms with E-state index in [1.807, 2.05) is 0 Å². The van der Waals surface area contributed by atoms with Crippen LogP contribution in [0, 0.1) is 13.8 Å². The first-order valence-electron chi connectivity index (χ1n) is 8.86. The van der Waals surface area contributed by atoms with Gasteiger partial charge in [0.25, 0.3) is 5.91 Å². The van der Waals surface area contributed by atoms with E-state index >= 15 is 0 Å². The molecule has 7 nitrogen and oxygen atoms in total. The number of alkyl halides is 3. The van der Waals surface area contributed by atoms with Crippen molar-refractivity contribution in [2.75, 3.05) is 5.32 Å². The van der Waals surface area contributed by atoms with Crippen LogP contribution in [-0.2, 0) is 6.18 Å². The van der Waals surface area contributed by atoms with Gasteiger partial charge in [0.1, 0.15) is 0 Å². The molecular formula is C20H15F3N6O. The average molecular weight is 412 g/mol. The molecule has 152 valence electrons. The largest absolute Gasteiger partial charge is 0.417 e. The normalized spacial score (nSPS) is 11.6. The molecule has 10 heteroatoms. The number of aromatic nitrogens is 5. The second-order valence-corrected chi connectivity index (χ2v) is 6.58. The monoisotopic (exact) mass is 412 g/mol. The van der Waals surface area contributed by atoms with Crippen LogP contribution in [0.5, 0.6) is 0 Å². The highest BCUT2D eigenvalue weighted by Gasteiger charge is 2.34. The Kier molecular flexibility index (Phi) is 4.69. The lowest BCUT2D eigenvalue weighted by Gasteiger charge is -2.13. The molecular weight excluding hydrogens is 397 g/mol. The Morgan fingerprint density at radius 3 is 2.60 bits per heavy atom. The van der Waals surface area contributed by atoms with Gasteiger partial charge in [-0.3, -0.25) is 9.78 Å². The highest BCUT2D eigenvalue weighted by Crippen LogP contribution is 2.36. The molecule has 0 aliphatic carbocycles. The first kappa shape index (κ1) is 19.5. The zero-order chi connectivity index (χ0) is 21.5. The molecule has 3 heterocycles. The number of imidazole rings is 1. The molecule has 0 unspecified atom stereocenters. The van der Waals surface area contributed by atoms with Crippen molar-refractivity contribution in [3.05, 3.63) is 71.4 Å². The van der Waals surface area contributed by atoms with Crippen LogP contribution >= 0.6 is 0 Å². The summed E-state index contributed by atoms with van der Waals surface area (Å²) in [5.41, 5.74) is 0.640. The number of hydrogen-bond donors (Lipinski definition) is 1. The Hall–Kier alpha value is -3.82. The summed E-state index contributed by atoms with van der Waals surface area (Å²) >= 11 is 0. The van der Waals surface area contributed by atoms with Crippen molar-refractivity contribution in [1.29, 1.82) is 0 Å². The van der Waals surface area contributed by atoms with E-state index in [0.29, 0.717) is 16.9 Å². The molecule has 4 rings (SSSR count). The molecule has 1 N–H and O–H groups in total. The molecule has 0 radical (unpaired) electrons. The first-order valence-corrected chi connectivity index (χ1v) is 8.86. The van der Waals surface area contributed by atoms with E-state index in [1.165, 1.54) is 47.4 Å². The Labute approximate surface area is 168 Å². The maximum Gasteiger partial charge on any atom is 0.417 e. The van der Waals surface area contributed by atoms with Crippen LogP contribution in [0.2, 0.25) is 0 Å². The third kappa shape index (κ3) is 3.47. The molecule has 1 amide bonds. The minimum atomic E-state index is -4.54. The molecule has 1 aromatic carbocycles. The molecule has 0 fully saturated rings. The fourth-order valence-corrected chi connectivity index (χ4v) is 3.16. The number of carbonyl (C=O) groups excluding carboxylic acids is 1. The van der Waals surface area contributed by atoms with Crippen molar-refractivity contribution in [3.63, 3.8) is 0 Å². The van der Waals surface area contributed by atoms with E-state index < -0.39 is 17.6 Å². The Balaban J connectivity index is 1.87. The molecule has 0 aliphatic heterocycles. The quantitative estimate of drug-likeness (QED) is 0.548. The summed E-state index contributed by atoms with van der Waals surface area (Å²) in [5, 5.41) is 6.92. The standard InChI is InChI=1S/C20H15F3N6O/c1-11-9-15(13-5-3-4-6-14(13)20(21,22)23)28-29-17(12(2)26-18(11)29)19(30)27-16-10-24-7-8-25-16/h3-10H,1-2H3,(H,25,27,30). The first-order chi connectivity index (χ1) is 14.3. The summed E-state index contributed by atoms with van der Waals surface area (Å²) in [6.07, 6.45) is -0.283. The van der Waals surface area contributed by atoms with Crippen molar-refractivity contribution in [3.8, 4) is 11.3 Å². The van der Waals surface area contributed by atoms with Crippen LogP contribution in [0.3, 0.4) is 0 Å². The topological polar surface area (TPSA) is 85.1 Å². The summed E-state index contributed by atoms with van der Waals surface area (Å²) in [6, 6.07) is 6.69. The van der Waals surface area contributed by atoms with Gasteiger partial charge in [-0.15, -0.1) is 0 Å². The summed E-state index contributed by atoms with van der Waals surface area (Å²) in [5.74, 6) is -0.319. The van der Waals surface area contributed by atoms with Gasteiger partial charge >= 0.3 is 6.18 Å². The Bertz CT molecular complexity index is 1250. The minimum absolute atomic E-state index is 0.0818. The minimum Gasteiger partial charge on any atom is -0.304 e. The molecule has 0 saturated heterocycles. The zero-order valence-corrected chi connectivity index (χ0v) is 15.9. The predicted octanol–water partition coefficient (Wildman–Crippen LogP) is 4.07. The Morgan fingerprint density at radius 1 is 1.13 bits per heavy atom. The van der Waals surface area contributed by atoms with Crippen LogP contribution in [0.4, 0.5) is 19.0 Å². The van der Waals surface area contributed by atoms with E-state index in [9.17, 15) is 18.0 Å². The van der Waals surface area contributed by atoms with E-state index in [1.54, 1.807) is 13.8 Å². The second-order valence-electron chi connectivity index (χ2n) is 6.58. The smallest absolute Gasteiger partial charge is 0.304 e. The SMILES string of the molecule is Cc1nc2c(C)cc(-c3ccccc3C(F)(F)F)nn2c1C(=O)Nc1cnccn1. The van der Waals surface area contributed by atoms with Gasteiger partial charge in [0.2, 0.25) is 0 Å². The van der Waals surface area contributed by atoms with Crippen LogP contribution in [0.25, 0.3) is 16.9 Å². The number of rotatable bonds is 3. The molecule has 0 aliphatic rings. The maximum atomic E-state index is 13.5. The lowest BCUT2D eigenvalue weighted by Crippen LogP contribution is -2.18. The molecule has 0 spiro atoms. The molecule has 3 aromatic heterocycles. The number of nitrogens with zero attached hydrogens (tertiary/aromatic N) is 5. The molecule has 0 bridgehead atoms. The van der Waals surface area contributed by atoms with Crippen molar-refractivity contribution in [2.24, 2.45) is 0 Å². The predicted molar refractivity (Wildman–Crippen MR) is 103 cm³/mol. The molecule has 0 atom stereocenters. The highest BCUT2D eigenvalue weighted by molar-refractivity contribution is 6.03. The fourth-order valence-electron chi connectivity index (χ4n) is 3.16. The van der Waals surface area contributed by atoms with Crippen LogP contribution < -0.4 is 5.32 Å². The number of fused-ring (bicyclic) bond motifs is 1.